The zero-order chi connectivity index (χ0) is 12.6. The molecule has 5 heteroatoms. The second-order valence-corrected chi connectivity index (χ2v) is 4.78. The van der Waals surface area contributed by atoms with E-state index in [2.05, 4.69) is 4.98 Å². The fourth-order valence-electron chi connectivity index (χ4n) is 2.15. The first kappa shape index (κ1) is 11.9. The van der Waals surface area contributed by atoms with E-state index < -0.39 is 0 Å². The van der Waals surface area contributed by atoms with Crippen molar-refractivity contribution in [3.63, 3.8) is 0 Å². The molecule has 0 aliphatic rings. The first-order chi connectivity index (χ1) is 7.95. The Morgan fingerprint density at radius 3 is 2.82 bits per heavy atom. The number of hydrogen-bond donors (Lipinski definition) is 2. The van der Waals surface area contributed by atoms with Gasteiger partial charge in [0.05, 0.1) is 11.0 Å². The summed E-state index contributed by atoms with van der Waals surface area (Å²) in [6.07, 6.45) is 0.678. The maximum atomic E-state index is 13.1. The van der Waals surface area contributed by atoms with E-state index in [0.29, 0.717) is 24.0 Å². The molecule has 2 rings (SSSR count). The second-order valence-electron chi connectivity index (χ2n) is 4.78. The minimum Gasteiger partial charge on any atom is -0.330 e. The van der Waals surface area contributed by atoms with E-state index in [1.54, 1.807) is 10.6 Å². The van der Waals surface area contributed by atoms with Gasteiger partial charge in [0.2, 0.25) is 0 Å². The third-order valence-electron chi connectivity index (χ3n) is 3.01. The van der Waals surface area contributed by atoms with Crippen molar-refractivity contribution in [2.45, 2.75) is 25.8 Å². The molecule has 0 aliphatic heterocycles. The molecule has 0 spiro atoms. The molecule has 2 aromatic rings. The molecule has 0 radical (unpaired) electrons. The zero-order valence-electron chi connectivity index (χ0n) is 9.96. The summed E-state index contributed by atoms with van der Waals surface area (Å²) in [5.41, 5.74) is 6.15. The van der Waals surface area contributed by atoms with Gasteiger partial charge in [-0.15, -0.1) is 0 Å². The van der Waals surface area contributed by atoms with Crippen LogP contribution in [0.5, 0.6) is 0 Å². The van der Waals surface area contributed by atoms with Gasteiger partial charge in [-0.1, -0.05) is 0 Å². The number of hydrogen-bond acceptors (Lipinski definition) is 2. The molecule has 4 nitrogen and oxygen atoms in total. The Hall–Kier alpha value is -1.62. The number of aromatic amines is 1. The summed E-state index contributed by atoms with van der Waals surface area (Å²) in [6, 6.07) is 4.29. The number of H-pyrrole nitrogens is 1. The molecule has 0 aliphatic carbocycles. The molecule has 0 atom stereocenters. The van der Waals surface area contributed by atoms with E-state index in [-0.39, 0.29) is 17.0 Å². The second kappa shape index (κ2) is 4.00. The number of halogens is 1. The predicted octanol–water partition coefficient (Wildman–Crippen LogP) is 1.55. The molecule has 3 N–H and O–H groups in total. The number of benzene rings is 1. The lowest BCUT2D eigenvalue weighted by molar-refractivity contribution is 0.334. The highest BCUT2D eigenvalue weighted by Crippen LogP contribution is 2.22. The Bertz CT molecular complexity index is 597. The summed E-state index contributed by atoms with van der Waals surface area (Å²) in [5.74, 6) is -0.359. The van der Waals surface area contributed by atoms with Gasteiger partial charge in [0.1, 0.15) is 5.82 Å². The highest BCUT2D eigenvalue weighted by molar-refractivity contribution is 5.75. The average molecular weight is 237 g/mol. The molecule has 1 aromatic carbocycles. The predicted molar refractivity (Wildman–Crippen MR) is 65.5 cm³/mol. The van der Waals surface area contributed by atoms with Crippen molar-refractivity contribution in [1.29, 1.82) is 0 Å². The van der Waals surface area contributed by atoms with Crippen molar-refractivity contribution in [2.75, 3.05) is 6.54 Å². The highest BCUT2D eigenvalue weighted by Gasteiger charge is 2.23. The quantitative estimate of drug-likeness (QED) is 0.850. The van der Waals surface area contributed by atoms with Crippen LogP contribution in [0.15, 0.2) is 23.0 Å². The van der Waals surface area contributed by atoms with Gasteiger partial charge in [-0.25, -0.2) is 9.18 Å². The molecule has 17 heavy (non-hydrogen) atoms. The number of fused-ring (bicyclic) bond motifs is 1. The van der Waals surface area contributed by atoms with Gasteiger partial charge in [0.15, 0.2) is 0 Å². The maximum absolute atomic E-state index is 13.1. The lowest BCUT2D eigenvalue weighted by atomic mass is 10.0. The van der Waals surface area contributed by atoms with Crippen LogP contribution in [0.25, 0.3) is 11.0 Å². The van der Waals surface area contributed by atoms with Crippen molar-refractivity contribution >= 4 is 11.0 Å². The van der Waals surface area contributed by atoms with E-state index in [1.165, 1.54) is 12.1 Å². The van der Waals surface area contributed by atoms with Gasteiger partial charge >= 0.3 is 5.69 Å². The van der Waals surface area contributed by atoms with Crippen LogP contribution in [0, 0.1) is 5.82 Å². The average Bonchev–Trinajstić information content (AvgIpc) is 2.53. The molecule has 1 heterocycles. The molecular weight excluding hydrogens is 221 g/mol. The van der Waals surface area contributed by atoms with Crippen molar-refractivity contribution in [1.82, 2.24) is 9.55 Å². The summed E-state index contributed by atoms with van der Waals surface area (Å²) in [7, 11) is 0. The van der Waals surface area contributed by atoms with Gasteiger partial charge in [-0.3, -0.25) is 4.57 Å². The number of nitrogens with one attached hydrogen (secondary N) is 1. The maximum Gasteiger partial charge on any atom is 0.326 e. The highest BCUT2D eigenvalue weighted by atomic mass is 19.1. The number of nitrogens with zero attached hydrogens (tertiary/aromatic N) is 1. The largest absolute Gasteiger partial charge is 0.330 e. The topological polar surface area (TPSA) is 63.8 Å². The molecule has 0 bridgehead atoms. The summed E-state index contributed by atoms with van der Waals surface area (Å²) in [4.78, 5) is 14.6. The first-order valence-electron chi connectivity index (χ1n) is 5.56. The lowest BCUT2D eigenvalue weighted by Gasteiger charge is -2.25. The van der Waals surface area contributed by atoms with Crippen LogP contribution in [0.2, 0.25) is 0 Å². The van der Waals surface area contributed by atoms with Crippen LogP contribution in [-0.2, 0) is 5.54 Å². The van der Waals surface area contributed by atoms with Crippen molar-refractivity contribution in [3.8, 4) is 0 Å². The SMILES string of the molecule is CC(C)(CCN)n1c(=O)[nH]c2cc(F)ccc21. The van der Waals surface area contributed by atoms with Crippen LogP contribution < -0.4 is 11.4 Å². The molecule has 1 aromatic heterocycles. The number of aromatic nitrogens is 2. The summed E-state index contributed by atoms with van der Waals surface area (Å²) in [6.45, 7) is 4.38. The molecule has 0 unspecified atom stereocenters. The number of imidazole rings is 1. The van der Waals surface area contributed by atoms with Crippen LogP contribution in [0.1, 0.15) is 20.3 Å². The Labute approximate surface area is 98.2 Å². The van der Waals surface area contributed by atoms with Crippen molar-refractivity contribution in [2.24, 2.45) is 5.73 Å². The zero-order valence-corrected chi connectivity index (χ0v) is 9.96. The molecule has 0 saturated carbocycles. The van der Waals surface area contributed by atoms with Crippen LogP contribution in [0.4, 0.5) is 4.39 Å². The summed E-state index contributed by atoms with van der Waals surface area (Å²) >= 11 is 0. The Morgan fingerprint density at radius 2 is 2.18 bits per heavy atom. The normalized spacial score (nSPS) is 12.2. The summed E-state index contributed by atoms with van der Waals surface area (Å²) < 4.78 is 14.7. The van der Waals surface area contributed by atoms with E-state index >= 15 is 0 Å². The van der Waals surface area contributed by atoms with Gasteiger partial charge in [-0.05, 0) is 45.0 Å². The Balaban J connectivity index is 2.69. The minimum atomic E-state index is -0.387. The molecule has 0 fully saturated rings. The summed E-state index contributed by atoms with van der Waals surface area (Å²) in [5, 5.41) is 0. The van der Waals surface area contributed by atoms with E-state index in [4.69, 9.17) is 5.73 Å². The van der Waals surface area contributed by atoms with Gasteiger partial charge < -0.3 is 10.7 Å². The number of nitrogens with two attached hydrogens (primary N) is 1. The minimum absolute atomic E-state index is 0.232. The molecular formula is C12H16FN3O. The lowest BCUT2D eigenvalue weighted by Crippen LogP contribution is -2.36. The van der Waals surface area contributed by atoms with Gasteiger partial charge in [0.25, 0.3) is 0 Å². The van der Waals surface area contributed by atoms with Gasteiger partial charge in [-0.2, -0.15) is 0 Å². The fourth-order valence-corrected chi connectivity index (χ4v) is 2.15. The third-order valence-corrected chi connectivity index (χ3v) is 3.01. The smallest absolute Gasteiger partial charge is 0.326 e. The Kier molecular flexibility index (Phi) is 2.79. The molecule has 0 amide bonds. The van der Waals surface area contributed by atoms with E-state index in [0.717, 1.165) is 0 Å². The van der Waals surface area contributed by atoms with Crippen molar-refractivity contribution < 1.29 is 4.39 Å². The fraction of sp³-hybridized carbons (Fsp3) is 0.417. The molecule has 92 valence electrons. The van der Waals surface area contributed by atoms with Gasteiger partial charge in [0, 0.05) is 5.54 Å². The standard InChI is InChI=1S/C12H16FN3O/c1-12(2,5-6-14)16-10-4-3-8(13)7-9(10)15-11(16)17/h3-4,7H,5-6,14H2,1-2H3,(H,15,17). The third kappa shape index (κ3) is 1.98. The van der Waals surface area contributed by atoms with Crippen LogP contribution in [-0.4, -0.2) is 16.1 Å². The monoisotopic (exact) mass is 237 g/mol. The Morgan fingerprint density at radius 1 is 1.47 bits per heavy atom. The van der Waals surface area contributed by atoms with Crippen LogP contribution >= 0.6 is 0 Å². The van der Waals surface area contributed by atoms with Crippen LogP contribution in [0.3, 0.4) is 0 Å². The van der Waals surface area contributed by atoms with E-state index in [1.807, 2.05) is 13.8 Å². The first-order valence-corrected chi connectivity index (χ1v) is 5.56. The van der Waals surface area contributed by atoms with E-state index in [9.17, 15) is 9.18 Å². The number of rotatable bonds is 3. The molecule has 0 saturated heterocycles. The van der Waals surface area contributed by atoms with Crippen molar-refractivity contribution in [3.05, 3.63) is 34.5 Å².